The third-order valence-electron chi connectivity index (χ3n) is 6.27. The van der Waals surface area contributed by atoms with Crippen molar-refractivity contribution in [2.75, 3.05) is 26.1 Å². The number of aromatic nitrogens is 2. The molecule has 0 unspecified atom stereocenters. The molecule has 204 valence electrons. The van der Waals surface area contributed by atoms with Crippen LogP contribution in [0.1, 0.15) is 18.1 Å². The number of nitrogens with one attached hydrogen (secondary N) is 2. The molecule has 0 aliphatic rings. The minimum Gasteiger partial charge on any atom is -0.493 e. The van der Waals surface area contributed by atoms with Gasteiger partial charge in [-0.25, -0.2) is 9.36 Å². The van der Waals surface area contributed by atoms with Crippen LogP contribution >= 0.6 is 11.3 Å². The van der Waals surface area contributed by atoms with E-state index in [2.05, 4.69) is 10.6 Å². The fourth-order valence-corrected chi connectivity index (χ4v) is 5.02. The zero-order valence-electron chi connectivity index (χ0n) is 22.0. The second kappa shape index (κ2) is 12.4. The minimum absolute atomic E-state index is 0.289. The molecule has 0 fully saturated rings. The van der Waals surface area contributed by atoms with Crippen LogP contribution in [-0.4, -0.2) is 41.7 Å². The molecule has 2 amide bonds. The number of carbonyl (C=O) groups is 2. The van der Waals surface area contributed by atoms with Gasteiger partial charge in [-0.15, -0.1) is 11.3 Å². The lowest BCUT2D eigenvalue weighted by atomic mass is 10.1. The smallest absolute Gasteiger partial charge is 0.332 e. The third-order valence-corrected chi connectivity index (χ3v) is 7.16. The molecular formula is C28H30N4O6S. The van der Waals surface area contributed by atoms with Crippen molar-refractivity contribution in [2.24, 2.45) is 0 Å². The van der Waals surface area contributed by atoms with Gasteiger partial charge in [0.25, 0.3) is 5.56 Å². The highest BCUT2D eigenvalue weighted by atomic mass is 32.1. The summed E-state index contributed by atoms with van der Waals surface area (Å²) in [4.78, 5) is 51.8. The van der Waals surface area contributed by atoms with Crippen LogP contribution < -0.4 is 31.4 Å². The number of amides is 2. The first-order valence-electron chi connectivity index (χ1n) is 12.4. The van der Waals surface area contributed by atoms with E-state index in [0.29, 0.717) is 33.8 Å². The third kappa shape index (κ3) is 6.37. The molecule has 0 saturated carbocycles. The van der Waals surface area contributed by atoms with Gasteiger partial charge in [-0.2, -0.15) is 0 Å². The maximum absolute atomic E-state index is 13.3. The van der Waals surface area contributed by atoms with Gasteiger partial charge in [-0.05, 0) is 59.7 Å². The number of benzene rings is 2. The molecule has 4 aromatic rings. The van der Waals surface area contributed by atoms with E-state index >= 15 is 0 Å². The van der Waals surface area contributed by atoms with E-state index in [9.17, 15) is 19.2 Å². The van der Waals surface area contributed by atoms with Crippen LogP contribution in [0.25, 0.3) is 10.2 Å². The number of hydrogen-bond donors (Lipinski definition) is 2. The van der Waals surface area contributed by atoms with Crippen molar-refractivity contribution in [2.45, 2.75) is 32.9 Å². The van der Waals surface area contributed by atoms with Gasteiger partial charge in [0.1, 0.15) is 17.8 Å². The zero-order valence-corrected chi connectivity index (χ0v) is 22.8. The lowest BCUT2D eigenvalue weighted by Gasteiger charge is -2.13. The van der Waals surface area contributed by atoms with Crippen LogP contribution in [0, 0.1) is 0 Å². The fourth-order valence-electron chi connectivity index (χ4n) is 4.18. The molecule has 2 aromatic carbocycles. The second-order valence-electron chi connectivity index (χ2n) is 8.78. The summed E-state index contributed by atoms with van der Waals surface area (Å²) in [5.74, 6) is 0.281. The van der Waals surface area contributed by atoms with Gasteiger partial charge in [-0.3, -0.25) is 19.0 Å². The average Bonchev–Trinajstić information content (AvgIpc) is 3.44. The molecule has 10 nitrogen and oxygen atoms in total. The molecule has 0 spiro atoms. The molecule has 0 aliphatic heterocycles. The SMILES string of the molecule is CCc1ccc(NC(=O)Cn2c(=O)n(CC(=O)NCCc3ccc(OC)c(OC)c3)c(=O)c3sccc32)cc1. The Kier molecular flexibility index (Phi) is 8.82. The molecular weight excluding hydrogens is 520 g/mol. The van der Waals surface area contributed by atoms with Crippen molar-refractivity contribution < 1.29 is 19.1 Å². The minimum atomic E-state index is -0.725. The number of rotatable bonds is 11. The Morgan fingerprint density at radius 3 is 2.26 bits per heavy atom. The van der Waals surface area contributed by atoms with E-state index in [4.69, 9.17) is 9.47 Å². The summed E-state index contributed by atoms with van der Waals surface area (Å²) >= 11 is 1.16. The van der Waals surface area contributed by atoms with Crippen molar-refractivity contribution >= 4 is 39.1 Å². The highest BCUT2D eigenvalue weighted by Gasteiger charge is 2.18. The Morgan fingerprint density at radius 1 is 0.872 bits per heavy atom. The lowest BCUT2D eigenvalue weighted by molar-refractivity contribution is -0.121. The molecule has 0 radical (unpaired) electrons. The predicted octanol–water partition coefficient (Wildman–Crippen LogP) is 2.80. The van der Waals surface area contributed by atoms with Crippen molar-refractivity contribution in [3.05, 3.63) is 85.9 Å². The molecule has 39 heavy (non-hydrogen) atoms. The van der Waals surface area contributed by atoms with Gasteiger partial charge in [-0.1, -0.05) is 25.1 Å². The van der Waals surface area contributed by atoms with Gasteiger partial charge in [0.2, 0.25) is 11.8 Å². The Morgan fingerprint density at radius 2 is 1.56 bits per heavy atom. The van der Waals surface area contributed by atoms with Crippen molar-refractivity contribution in [3.63, 3.8) is 0 Å². The Bertz CT molecular complexity index is 1600. The maximum atomic E-state index is 13.3. The first kappa shape index (κ1) is 27.6. The van der Waals surface area contributed by atoms with Crippen LogP contribution in [0.3, 0.4) is 0 Å². The highest BCUT2D eigenvalue weighted by molar-refractivity contribution is 7.17. The predicted molar refractivity (Wildman–Crippen MR) is 151 cm³/mol. The van der Waals surface area contributed by atoms with Crippen LogP contribution in [0.4, 0.5) is 5.69 Å². The molecule has 11 heteroatoms. The van der Waals surface area contributed by atoms with E-state index in [1.54, 1.807) is 43.9 Å². The number of carbonyl (C=O) groups excluding carboxylic acids is 2. The van der Waals surface area contributed by atoms with E-state index in [1.807, 2.05) is 31.2 Å². The monoisotopic (exact) mass is 550 g/mol. The Balaban J connectivity index is 1.47. The number of aryl methyl sites for hydroxylation is 1. The van der Waals surface area contributed by atoms with Crippen LogP contribution in [0.15, 0.2) is 63.5 Å². The first-order chi connectivity index (χ1) is 18.8. The van der Waals surface area contributed by atoms with Gasteiger partial charge in [0.05, 0.1) is 19.7 Å². The number of thiophene rings is 1. The summed E-state index contributed by atoms with van der Waals surface area (Å²) in [6.07, 6.45) is 1.39. The largest absolute Gasteiger partial charge is 0.493 e. The number of fused-ring (bicyclic) bond motifs is 1. The van der Waals surface area contributed by atoms with Crippen LogP contribution in [0.5, 0.6) is 11.5 Å². The molecule has 0 bridgehead atoms. The van der Waals surface area contributed by atoms with Crippen LogP contribution in [-0.2, 0) is 35.5 Å². The molecule has 2 N–H and O–H groups in total. The second-order valence-corrected chi connectivity index (χ2v) is 9.70. The first-order valence-corrected chi connectivity index (χ1v) is 13.3. The van der Waals surface area contributed by atoms with Crippen molar-refractivity contribution in [1.82, 2.24) is 14.5 Å². The molecule has 0 atom stereocenters. The van der Waals surface area contributed by atoms with E-state index < -0.39 is 29.6 Å². The normalized spacial score (nSPS) is 10.8. The molecule has 0 aliphatic carbocycles. The van der Waals surface area contributed by atoms with Gasteiger partial charge in [0.15, 0.2) is 11.5 Å². The summed E-state index contributed by atoms with van der Waals surface area (Å²) in [5, 5.41) is 7.21. The Labute approximate surface area is 228 Å². The number of nitrogens with zero attached hydrogens (tertiary/aromatic N) is 2. The maximum Gasteiger partial charge on any atom is 0.332 e. The van der Waals surface area contributed by atoms with Gasteiger partial charge < -0.3 is 20.1 Å². The van der Waals surface area contributed by atoms with Crippen molar-refractivity contribution in [3.8, 4) is 11.5 Å². The van der Waals surface area contributed by atoms with E-state index in [1.165, 1.54) is 4.57 Å². The summed E-state index contributed by atoms with van der Waals surface area (Å²) in [6.45, 7) is 1.57. The molecule has 2 heterocycles. The lowest BCUT2D eigenvalue weighted by Crippen LogP contribution is -2.44. The standard InChI is InChI=1S/C28H30N4O6S/c1-4-18-5-8-20(9-6-18)30-25(34)17-31-21-12-14-39-26(21)27(35)32(28(31)36)16-24(33)29-13-11-19-7-10-22(37-2)23(15-19)38-3/h5-10,12,14-15H,4,11,13,16-17H2,1-3H3,(H,29,33)(H,30,34). The highest BCUT2D eigenvalue weighted by Crippen LogP contribution is 2.27. The van der Waals surface area contributed by atoms with E-state index in [-0.39, 0.29) is 13.1 Å². The fraction of sp³-hybridized carbons (Fsp3) is 0.286. The summed E-state index contributed by atoms with van der Waals surface area (Å²) in [6, 6.07) is 14.5. The number of hydrogen-bond acceptors (Lipinski definition) is 7. The van der Waals surface area contributed by atoms with Crippen LogP contribution in [0.2, 0.25) is 0 Å². The van der Waals surface area contributed by atoms with Gasteiger partial charge in [0, 0.05) is 12.2 Å². The molecule has 0 saturated heterocycles. The average molecular weight is 551 g/mol. The molecule has 2 aromatic heterocycles. The number of anilines is 1. The summed E-state index contributed by atoms with van der Waals surface area (Å²) < 4.78 is 12.9. The summed E-state index contributed by atoms with van der Waals surface area (Å²) in [5.41, 5.74) is 1.73. The molecule has 4 rings (SSSR count). The Hall–Kier alpha value is -4.38. The van der Waals surface area contributed by atoms with Gasteiger partial charge >= 0.3 is 5.69 Å². The summed E-state index contributed by atoms with van der Waals surface area (Å²) in [7, 11) is 3.10. The number of ether oxygens (including phenoxy) is 2. The van der Waals surface area contributed by atoms with Crippen molar-refractivity contribution in [1.29, 1.82) is 0 Å². The quantitative estimate of drug-likeness (QED) is 0.296. The zero-order chi connectivity index (χ0) is 27.9. The van der Waals surface area contributed by atoms with E-state index in [0.717, 1.165) is 33.5 Å². The number of methoxy groups -OCH3 is 2. The topological polar surface area (TPSA) is 121 Å².